The molecule has 0 radical (unpaired) electrons. The van der Waals surface area contributed by atoms with E-state index in [1.54, 1.807) is 25.7 Å². The van der Waals surface area contributed by atoms with E-state index in [1.165, 1.54) is 19.3 Å². The van der Waals surface area contributed by atoms with Crippen LogP contribution in [0.5, 0.6) is 0 Å². The monoisotopic (exact) mass is 505 g/mol. The van der Waals surface area contributed by atoms with Gasteiger partial charge >= 0.3 is 0 Å². The summed E-state index contributed by atoms with van der Waals surface area (Å²) in [6.07, 6.45) is 3.65. The highest BCUT2D eigenvalue weighted by Gasteiger charge is 2.23. The molecule has 0 aromatic rings. The minimum absolute atomic E-state index is 0.0972. The van der Waals surface area contributed by atoms with Crippen LogP contribution in [0, 0.1) is 0 Å². The molecule has 0 bridgehead atoms. The fraction of sp³-hybridized carbons (Fsp3) is 0.885. The molecule has 3 atom stereocenters. The Morgan fingerprint density at radius 1 is 0.706 bits per heavy atom. The fourth-order valence-electron chi connectivity index (χ4n) is 3.45. The number of carbonyl (C=O) groups excluding carboxylic acids is 3. The molecule has 3 aliphatic heterocycles. The molecule has 0 unspecified atom stereocenters. The largest absolute Gasteiger partial charge is 0.359 e. The van der Waals surface area contributed by atoms with E-state index < -0.39 is 0 Å². The van der Waals surface area contributed by atoms with Gasteiger partial charge in [-0.1, -0.05) is 41.5 Å². The van der Waals surface area contributed by atoms with Gasteiger partial charge < -0.3 is 19.4 Å². The predicted molar refractivity (Wildman–Crippen MR) is 147 cm³/mol. The molecule has 0 spiro atoms. The van der Waals surface area contributed by atoms with Gasteiger partial charge in [0, 0.05) is 45.2 Å². The van der Waals surface area contributed by atoms with E-state index in [-0.39, 0.29) is 23.8 Å². The molecule has 3 heterocycles. The molecule has 3 saturated heterocycles. The number of ether oxygens (including phenoxy) is 1. The lowest BCUT2D eigenvalue weighted by atomic mass is 10.0. The topological polar surface area (TPSA) is 70.2 Å². The van der Waals surface area contributed by atoms with Crippen LogP contribution >= 0.6 is 11.8 Å². The molecule has 8 heteroatoms. The van der Waals surface area contributed by atoms with Crippen LogP contribution in [0.1, 0.15) is 102 Å². The summed E-state index contributed by atoms with van der Waals surface area (Å²) in [5.41, 5.74) is 0. The van der Waals surface area contributed by atoms with E-state index in [0.29, 0.717) is 25.4 Å². The summed E-state index contributed by atoms with van der Waals surface area (Å²) in [5.74, 6) is 2.51. The zero-order chi connectivity index (χ0) is 27.3. The molecule has 3 amide bonds. The first-order chi connectivity index (χ1) is 16.1. The maximum absolute atomic E-state index is 10.9. The lowest BCUT2D eigenvalue weighted by Crippen LogP contribution is -2.40. The molecule has 3 rings (SSSR count). The third-order valence-corrected chi connectivity index (χ3v) is 6.44. The minimum atomic E-state index is 0.0972. The Kier molecular flexibility index (Phi) is 25.7. The van der Waals surface area contributed by atoms with Crippen LogP contribution in [0.25, 0.3) is 0 Å². The van der Waals surface area contributed by atoms with E-state index in [1.807, 2.05) is 70.0 Å². The van der Waals surface area contributed by atoms with Crippen molar-refractivity contribution in [3.05, 3.63) is 0 Å². The second kappa shape index (κ2) is 23.5. The zero-order valence-corrected chi connectivity index (χ0v) is 25.1. The van der Waals surface area contributed by atoms with Crippen LogP contribution in [0.15, 0.2) is 0 Å². The molecule has 3 fully saturated rings. The number of piperidine rings is 1. The van der Waals surface area contributed by atoms with Crippen LogP contribution < -0.4 is 0 Å². The molecule has 0 aromatic carbocycles. The summed E-state index contributed by atoms with van der Waals surface area (Å²) in [7, 11) is 0. The number of likely N-dealkylation sites (tertiary alicyclic amines) is 1. The van der Waals surface area contributed by atoms with Gasteiger partial charge in [-0.25, -0.2) is 0 Å². The van der Waals surface area contributed by atoms with Gasteiger partial charge in [-0.05, 0) is 40.0 Å². The molecule has 0 N–H and O–H groups in total. The second-order valence-corrected chi connectivity index (χ2v) is 8.73. The van der Waals surface area contributed by atoms with Gasteiger partial charge in [0.15, 0.2) is 0 Å². The second-order valence-electron chi connectivity index (χ2n) is 7.73. The Labute approximate surface area is 215 Å². The average molecular weight is 506 g/mol. The highest BCUT2D eigenvalue weighted by atomic mass is 32.2. The fourth-order valence-corrected chi connectivity index (χ4v) is 4.71. The number of rotatable bonds is 0. The van der Waals surface area contributed by atoms with E-state index in [0.717, 1.165) is 18.2 Å². The van der Waals surface area contributed by atoms with Crippen molar-refractivity contribution >= 4 is 29.5 Å². The average Bonchev–Trinajstić information content (AvgIpc) is 3.47. The Balaban J connectivity index is -0.000000381. The molecule has 0 aromatic heterocycles. The first-order valence-electron chi connectivity index (χ1n) is 13.1. The molecule has 204 valence electrons. The SMILES string of the molecule is CC.CC.CC.CC(=O)N1CCCC[C@H]1C.CC(=O)N1COC[C@H]1C.CC(=O)N1CSC[C@H]1C. The van der Waals surface area contributed by atoms with Crippen LogP contribution in [0.4, 0.5) is 0 Å². The Morgan fingerprint density at radius 3 is 1.44 bits per heavy atom. The lowest BCUT2D eigenvalue weighted by Gasteiger charge is -2.32. The molecule has 0 saturated carbocycles. The molecule has 7 nitrogen and oxygen atoms in total. The quantitative estimate of drug-likeness (QED) is 0.427. The van der Waals surface area contributed by atoms with E-state index in [4.69, 9.17) is 4.74 Å². The summed E-state index contributed by atoms with van der Waals surface area (Å²) in [6.45, 7) is 25.2. The molecule has 34 heavy (non-hydrogen) atoms. The van der Waals surface area contributed by atoms with Crippen LogP contribution in [-0.2, 0) is 19.1 Å². The number of hydrogen-bond donors (Lipinski definition) is 0. The van der Waals surface area contributed by atoms with Gasteiger partial charge in [0.2, 0.25) is 17.7 Å². The standard InChI is InChI=1S/C8H15NO.C6H11NO2.C6H11NOS.3C2H6/c1-7-5-3-4-6-9(7)8(2)10;2*1-5-3-9-4-7(5)6(2)8;3*1-2/h7H,3-6H2,1-2H3;2*5H,3-4H2,1-2H3;3*1-2H3/t7-;2*5-;;;/m111.../s1. The molecule has 3 aliphatic rings. The Morgan fingerprint density at radius 2 is 1.21 bits per heavy atom. The van der Waals surface area contributed by atoms with Crippen molar-refractivity contribution in [3.8, 4) is 0 Å². The maximum Gasteiger partial charge on any atom is 0.221 e. The van der Waals surface area contributed by atoms with Crippen LogP contribution in [0.3, 0.4) is 0 Å². The third kappa shape index (κ3) is 15.6. The van der Waals surface area contributed by atoms with E-state index >= 15 is 0 Å². The Hall–Kier alpha value is -1.28. The van der Waals surface area contributed by atoms with Crippen molar-refractivity contribution in [2.75, 3.05) is 31.5 Å². The highest BCUT2D eigenvalue weighted by Crippen LogP contribution is 2.19. The van der Waals surface area contributed by atoms with Gasteiger partial charge in [0.1, 0.15) is 6.73 Å². The van der Waals surface area contributed by atoms with Crippen LogP contribution in [-0.4, -0.2) is 82.1 Å². The molecule has 0 aliphatic carbocycles. The first-order valence-corrected chi connectivity index (χ1v) is 14.3. The van der Waals surface area contributed by atoms with Crippen molar-refractivity contribution in [1.29, 1.82) is 0 Å². The van der Waals surface area contributed by atoms with Gasteiger partial charge in [-0.2, -0.15) is 0 Å². The number of hydrogen-bond acceptors (Lipinski definition) is 5. The van der Waals surface area contributed by atoms with Gasteiger partial charge in [-0.15, -0.1) is 11.8 Å². The lowest BCUT2D eigenvalue weighted by molar-refractivity contribution is -0.132. The number of amides is 3. The molecular weight excluding hydrogens is 450 g/mol. The van der Waals surface area contributed by atoms with Crippen molar-refractivity contribution in [2.45, 2.75) is 120 Å². The number of carbonyl (C=O) groups is 3. The Bertz CT molecular complexity index is 504. The van der Waals surface area contributed by atoms with Crippen molar-refractivity contribution in [2.24, 2.45) is 0 Å². The summed E-state index contributed by atoms with van der Waals surface area (Å²) < 4.78 is 5.04. The van der Waals surface area contributed by atoms with Gasteiger partial charge in [0.05, 0.1) is 18.5 Å². The summed E-state index contributed by atoms with van der Waals surface area (Å²) >= 11 is 1.82. The number of thioether (sulfide) groups is 1. The zero-order valence-electron chi connectivity index (χ0n) is 24.3. The van der Waals surface area contributed by atoms with Crippen molar-refractivity contribution < 1.29 is 19.1 Å². The maximum atomic E-state index is 10.9. The summed E-state index contributed by atoms with van der Waals surface area (Å²) in [6, 6.07) is 1.20. The summed E-state index contributed by atoms with van der Waals surface area (Å²) in [5, 5.41) is 0. The van der Waals surface area contributed by atoms with Crippen molar-refractivity contribution in [3.63, 3.8) is 0 Å². The van der Waals surface area contributed by atoms with Gasteiger partial charge in [-0.3, -0.25) is 14.4 Å². The number of nitrogens with zero attached hydrogens (tertiary/aromatic N) is 3. The van der Waals surface area contributed by atoms with Crippen LogP contribution in [0.2, 0.25) is 0 Å². The summed E-state index contributed by atoms with van der Waals surface area (Å²) in [4.78, 5) is 38.0. The first kappa shape index (κ1) is 37.3. The molecular formula is C26H55N3O4S. The van der Waals surface area contributed by atoms with Crippen molar-refractivity contribution in [1.82, 2.24) is 14.7 Å². The van der Waals surface area contributed by atoms with E-state index in [2.05, 4.69) is 13.8 Å². The normalized spacial score (nSPS) is 22.6. The van der Waals surface area contributed by atoms with E-state index in [9.17, 15) is 14.4 Å². The van der Waals surface area contributed by atoms with Gasteiger partial charge in [0.25, 0.3) is 0 Å². The highest BCUT2D eigenvalue weighted by molar-refractivity contribution is 7.99. The smallest absolute Gasteiger partial charge is 0.221 e. The minimum Gasteiger partial charge on any atom is -0.359 e. The third-order valence-electron chi connectivity index (χ3n) is 5.26. The predicted octanol–water partition coefficient (Wildman–Crippen LogP) is 5.62.